The van der Waals surface area contributed by atoms with Crippen LogP contribution >= 0.6 is 7.75 Å². The molecule has 1 aliphatic heterocycles. The van der Waals surface area contributed by atoms with Crippen LogP contribution in [0.15, 0.2) is 42.7 Å². The third-order valence-corrected chi connectivity index (χ3v) is 11.3. The molecule has 55 heavy (non-hydrogen) atoms. The minimum absolute atomic E-state index is 0.174. The van der Waals surface area contributed by atoms with E-state index in [1.54, 1.807) is 65.0 Å². The van der Waals surface area contributed by atoms with Crippen molar-refractivity contribution in [2.45, 2.75) is 124 Å². The van der Waals surface area contributed by atoms with Gasteiger partial charge in [0.25, 0.3) is 0 Å². The van der Waals surface area contributed by atoms with E-state index in [-0.39, 0.29) is 29.5 Å². The van der Waals surface area contributed by atoms with E-state index in [1.165, 1.54) is 17.8 Å². The van der Waals surface area contributed by atoms with Gasteiger partial charge >= 0.3 is 25.7 Å². The molecule has 3 N–H and O–H groups in total. The molecule has 6 atom stereocenters. The van der Waals surface area contributed by atoms with E-state index in [9.17, 15) is 18.9 Å². The first-order valence-electron chi connectivity index (χ1n) is 18.9. The smallest absolute Gasteiger partial charge is 0.459 e. The van der Waals surface area contributed by atoms with Gasteiger partial charge in [0.05, 0.1) is 30.7 Å². The third kappa shape index (κ3) is 10.4. The maximum atomic E-state index is 14.8. The molecule has 0 spiro atoms. The van der Waals surface area contributed by atoms with Crippen LogP contribution in [0.5, 0.6) is 5.75 Å². The van der Waals surface area contributed by atoms with E-state index in [4.69, 9.17) is 33.7 Å². The maximum absolute atomic E-state index is 14.8. The quantitative estimate of drug-likeness (QED) is 0.0854. The van der Waals surface area contributed by atoms with E-state index >= 15 is 0 Å². The highest BCUT2D eigenvalue weighted by molar-refractivity contribution is 7.52. The Labute approximate surface area is 323 Å². The average molecular weight is 788 g/mol. The summed E-state index contributed by atoms with van der Waals surface area (Å²) in [7, 11) is -4.45. The minimum Gasteiger partial charge on any atom is -0.464 e. The standard InChI is InChI=1S/C39H58N5O10P/c1-12-26(13-2)20-49-37(47)25(7)43-55(48,54-28-16-14-15-27(19-28)38(8,9)10)50-21-30-32(51-35(45)23(3)4)33(52-36(46)24(5)6)39(11,53-30)31-18-17-29-34(40)41-22-42-44(29)31/h14-19,22-26,30,32-33H,12-13,20-21H2,1-11H3,(H,43,48)(H2,40,41,42)/t25-,30+,32+,33+,39-,55?/m0/s1. The second-order valence-electron chi connectivity index (χ2n) is 15.8. The fourth-order valence-corrected chi connectivity index (χ4v) is 7.52. The molecule has 4 rings (SSSR count). The van der Waals surface area contributed by atoms with E-state index in [2.05, 4.69) is 15.2 Å². The van der Waals surface area contributed by atoms with E-state index in [1.807, 2.05) is 40.7 Å². The van der Waals surface area contributed by atoms with Crippen LogP contribution in [0, 0.1) is 17.8 Å². The van der Waals surface area contributed by atoms with Gasteiger partial charge in [-0.2, -0.15) is 10.2 Å². The van der Waals surface area contributed by atoms with E-state index < -0.39 is 74.1 Å². The first-order chi connectivity index (χ1) is 25.7. The monoisotopic (exact) mass is 787 g/mol. The van der Waals surface area contributed by atoms with E-state index in [0.717, 1.165) is 18.4 Å². The summed E-state index contributed by atoms with van der Waals surface area (Å²) in [5.41, 5.74) is 6.16. The van der Waals surface area contributed by atoms with E-state index in [0.29, 0.717) is 11.2 Å². The predicted octanol–water partition coefficient (Wildman–Crippen LogP) is 6.52. The Morgan fingerprint density at radius 1 is 1.00 bits per heavy atom. The number of ether oxygens (including phenoxy) is 4. The number of anilines is 1. The van der Waals surface area contributed by atoms with Gasteiger partial charge < -0.3 is 29.2 Å². The Bertz CT molecular complexity index is 1860. The van der Waals surface area contributed by atoms with Gasteiger partial charge in [0.15, 0.2) is 18.0 Å². The van der Waals surface area contributed by atoms with Gasteiger partial charge in [0.1, 0.15) is 35.3 Å². The Kier molecular flexibility index (Phi) is 14.2. The van der Waals surface area contributed by atoms with Gasteiger partial charge in [-0.3, -0.25) is 18.9 Å². The van der Waals surface area contributed by atoms with Crippen LogP contribution in [0.25, 0.3) is 5.52 Å². The molecule has 1 aliphatic rings. The van der Waals surface area contributed by atoms with Crippen LogP contribution in [0.2, 0.25) is 0 Å². The molecule has 1 saturated heterocycles. The van der Waals surface area contributed by atoms with Gasteiger partial charge in [0.2, 0.25) is 0 Å². The number of hydrogen-bond acceptors (Lipinski definition) is 13. The van der Waals surface area contributed by atoms with Crippen molar-refractivity contribution in [2.75, 3.05) is 18.9 Å². The number of rotatable bonds is 17. The number of nitrogens with two attached hydrogens (primary N) is 1. The number of benzene rings is 1. The molecular formula is C39H58N5O10P. The fraction of sp³-hybridized carbons (Fsp3) is 0.615. The predicted molar refractivity (Wildman–Crippen MR) is 206 cm³/mol. The van der Waals surface area contributed by atoms with Crippen LogP contribution in [-0.4, -0.2) is 70.1 Å². The highest BCUT2D eigenvalue weighted by Crippen LogP contribution is 2.49. The van der Waals surface area contributed by atoms with Crippen molar-refractivity contribution >= 4 is 37.0 Å². The number of carbonyl (C=O) groups is 3. The molecule has 15 nitrogen and oxygen atoms in total. The highest BCUT2D eigenvalue weighted by atomic mass is 31.2. The summed E-state index contributed by atoms with van der Waals surface area (Å²) in [6.07, 6.45) is -0.733. The number of aromatic nitrogens is 3. The zero-order valence-electron chi connectivity index (χ0n) is 33.9. The highest BCUT2D eigenvalue weighted by Gasteiger charge is 2.59. The van der Waals surface area contributed by atoms with Crippen molar-refractivity contribution in [3.8, 4) is 5.75 Å². The molecule has 0 radical (unpaired) electrons. The Hall–Kier alpha value is -4.04. The molecule has 3 heterocycles. The second kappa shape index (κ2) is 17.8. The van der Waals surface area contributed by atoms with Gasteiger partial charge in [0, 0.05) is 0 Å². The van der Waals surface area contributed by atoms with Crippen LogP contribution in [0.3, 0.4) is 0 Å². The van der Waals surface area contributed by atoms with Gasteiger partial charge in [-0.05, 0) is 55.0 Å². The van der Waals surface area contributed by atoms with Crippen molar-refractivity contribution in [1.82, 2.24) is 19.7 Å². The number of nitrogen functional groups attached to an aromatic ring is 1. The lowest BCUT2D eigenvalue weighted by Gasteiger charge is -2.31. The van der Waals surface area contributed by atoms with Crippen molar-refractivity contribution in [3.05, 3.63) is 54.0 Å². The normalized spacial score (nSPS) is 21.8. The largest absolute Gasteiger partial charge is 0.464 e. The molecule has 0 bridgehead atoms. The Morgan fingerprint density at radius 2 is 1.65 bits per heavy atom. The summed E-state index contributed by atoms with van der Waals surface area (Å²) < 4.78 is 52.9. The van der Waals surface area contributed by atoms with Crippen LogP contribution in [0.1, 0.15) is 100 Å². The lowest BCUT2D eigenvalue weighted by Crippen LogP contribution is -2.46. The number of nitrogens with zero attached hydrogens (tertiary/aromatic N) is 3. The molecule has 0 saturated carbocycles. The summed E-state index contributed by atoms with van der Waals surface area (Å²) in [6, 6.07) is 9.35. The average Bonchev–Trinajstić information content (AvgIpc) is 3.67. The summed E-state index contributed by atoms with van der Waals surface area (Å²) >= 11 is 0. The van der Waals surface area contributed by atoms with Crippen LogP contribution < -0.4 is 15.3 Å². The number of fused-ring (bicyclic) bond motifs is 1. The number of hydrogen-bond donors (Lipinski definition) is 2. The van der Waals surface area contributed by atoms with Crippen LogP contribution in [0.4, 0.5) is 5.82 Å². The van der Waals surface area contributed by atoms with Crippen molar-refractivity contribution in [1.29, 1.82) is 0 Å². The van der Waals surface area contributed by atoms with Crippen LogP contribution in [-0.2, 0) is 53.4 Å². The number of nitrogens with one attached hydrogen (secondary N) is 1. The van der Waals surface area contributed by atoms with Gasteiger partial charge in [-0.25, -0.2) is 14.1 Å². The fourth-order valence-electron chi connectivity index (χ4n) is 6.03. The molecule has 2 aromatic heterocycles. The summed E-state index contributed by atoms with van der Waals surface area (Å²) in [5.74, 6) is -2.31. The van der Waals surface area contributed by atoms with Crippen molar-refractivity contribution in [3.63, 3.8) is 0 Å². The molecule has 3 aromatic rings. The third-order valence-electron chi connectivity index (χ3n) is 9.69. The molecule has 304 valence electrons. The van der Waals surface area contributed by atoms with Gasteiger partial charge in [-0.15, -0.1) is 0 Å². The molecule has 1 unspecified atom stereocenters. The zero-order valence-corrected chi connectivity index (χ0v) is 34.8. The molecule has 1 aromatic carbocycles. The topological polar surface area (TPSA) is 192 Å². The van der Waals surface area contributed by atoms with Gasteiger partial charge in [-0.1, -0.05) is 87.3 Å². The lowest BCUT2D eigenvalue weighted by molar-refractivity contribution is -0.175. The number of carbonyl (C=O) groups excluding carboxylic acids is 3. The van der Waals surface area contributed by atoms with Crippen molar-refractivity contribution in [2.24, 2.45) is 17.8 Å². The molecule has 1 fully saturated rings. The lowest BCUT2D eigenvalue weighted by atomic mass is 9.87. The van der Waals surface area contributed by atoms with Crippen molar-refractivity contribution < 1.29 is 46.9 Å². The zero-order chi connectivity index (χ0) is 40.9. The molecule has 0 aliphatic carbocycles. The molecule has 0 amide bonds. The first-order valence-corrected chi connectivity index (χ1v) is 20.4. The summed E-state index contributed by atoms with van der Waals surface area (Å²) in [5, 5.41) is 7.12. The minimum atomic E-state index is -4.45. The molecule has 16 heteroatoms. The first kappa shape index (κ1) is 43.7. The maximum Gasteiger partial charge on any atom is 0.459 e. The number of esters is 3. The Morgan fingerprint density at radius 3 is 2.27 bits per heavy atom. The second-order valence-corrected chi connectivity index (χ2v) is 17.5. The summed E-state index contributed by atoms with van der Waals surface area (Å²) in [6.45, 7) is 19.7. The Balaban J connectivity index is 1.75. The summed E-state index contributed by atoms with van der Waals surface area (Å²) in [4.78, 5) is 43.8. The SMILES string of the molecule is CCC(CC)COC(=O)[C@H](C)NP(=O)(OC[C@H]1O[C@@](C)(c2ccc3c(N)ncnn23)[C@H](OC(=O)C(C)C)[C@@H]1OC(=O)C(C)C)Oc1cccc(C(C)(C)C)c1. The molecular weight excluding hydrogens is 729 g/mol.